The van der Waals surface area contributed by atoms with Crippen LogP contribution in [0.25, 0.3) is 0 Å². The number of aliphatic hydroxyl groups excluding tert-OH is 1. The third kappa shape index (κ3) is 4.63. The van der Waals surface area contributed by atoms with E-state index < -0.39 is 23.9 Å². The standard InChI is InChI=1S/C17H22F3NO3/c1-11-10-12(6-7-15(11)24-9-8-22)21-16(23)13-4-2-3-5-14(13)17(18,19)20/h6-7,10,13-14,22H,2-5,8-9H2,1H3,(H,21,23)/t13-,14-/m1/s1. The second kappa shape index (κ2) is 7.88. The van der Waals surface area contributed by atoms with Gasteiger partial charge in [0.15, 0.2) is 0 Å². The predicted molar refractivity (Wildman–Crippen MR) is 83.9 cm³/mol. The molecule has 1 aliphatic rings. The Morgan fingerprint density at radius 3 is 2.67 bits per heavy atom. The molecule has 0 aromatic heterocycles. The summed E-state index contributed by atoms with van der Waals surface area (Å²) in [5.41, 5.74) is 1.18. The highest BCUT2D eigenvalue weighted by molar-refractivity contribution is 5.93. The van der Waals surface area contributed by atoms with Crippen LogP contribution in [0.15, 0.2) is 18.2 Å². The number of alkyl halides is 3. The lowest BCUT2D eigenvalue weighted by atomic mass is 9.78. The molecule has 1 aliphatic carbocycles. The molecule has 0 bridgehead atoms. The number of carbonyl (C=O) groups excluding carboxylic acids is 1. The Kier molecular flexibility index (Phi) is 6.10. The van der Waals surface area contributed by atoms with E-state index in [2.05, 4.69) is 5.32 Å². The van der Waals surface area contributed by atoms with Crippen LogP contribution in [0.3, 0.4) is 0 Å². The largest absolute Gasteiger partial charge is 0.491 e. The fraction of sp³-hybridized carbons (Fsp3) is 0.588. The Balaban J connectivity index is 2.06. The molecule has 1 aromatic rings. The molecule has 0 saturated heterocycles. The van der Waals surface area contributed by atoms with E-state index in [1.807, 2.05) is 0 Å². The third-order valence-corrected chi connectivity index (χ3v) is 4.31. The number of amides is 1. The van der Waals surface area contributed by atoms with Gasteiger partial charge in [-0.25, -0.2) is 0 Å². The first-order valence-corrected chi connectivity index (χ1v) is 8.05. The van der Waals surface area contributed by atoms with Crippen molar-refractivity contribution in [3.8, 4) is 5.75 Å². The first-order valence-electron chi connectivity index (χ1n) is 8.05. The lowest BCUT2D eigenvalue weighted by molar-refractivity contribution is -0.197. The average molecular weight is 345 g/mol. The number of nitrogens with one attached hydrogen (secondary N) is 1. The van der Waals surface area contributed by atoms with Gasteiger partial charge >= 0.3 is 6.18 Å². The quantitative estimate of drug-likeness (QED) is 0.856. The van der Waals surface area contributed by atoms with Crippen molar-refractivity contribution in [2.24, 2.45) is 11.8 Å². The van der Waals surface area contributed by atoms with E-state index in [1.165, 1.54) is 0 Å². The third-order valence-electron chi connectivity index (χ3n) is 4.31. The maximum Gasteiger partial charge on any atom is 0.392 e. The monoisotopic (exact) mass is 345 g/mol. The van der Waals surface area contributed by atoms with E-state index >= 15 is 0 Å². The van der Waals surface area contributed by atoms with Gasteiger partial charge in [0, 0.05) is 11.6 Å². The van der Waals surface area contributed by atoms with Crippen LogP contribution in [0.4, 0.5) is 18.9 Å². The van der Waals surface area contributed by atoms with E-state index in [0.717, 1.165) is 5.56 Å². The second-order valence-electron chi connectivity index (χ2n) is 6.08. The summed E-state index contributed by atoms with van der Waals surface area (Å²) in [5.74, 6) is -2.63. The molecular formula is C17H22F3NO3. The summed E-state index contributed by atoms with van der Waals surface area (Å²) in [6, 6.07) is 4.86. The van der Waals surface area contributed by atoms with Gasteiger partial charge in [0.1, 0.15) is 12.4 Å². The summed E-state index contributed by atoms with van der Waals surface area (Å²) in [5, 5.41) is 11.3. The first-order chi connectivity index (χ1) is 11.3. The number of benzene rings is 1. The Morgan fingerprint density at radius 2 is 2.04 bits per heavy atom. The van der Waals surface area contributed by atoms with Crippen molar-refractivity contribution in [3.63, 3.8) is 0 Å². The zero-order valence-electron chi connectivity index (χ0n) is 13.5. The van der Waals surface area contributed by atoms with Crippen LogP contribution in [-0.2, 0) is 4.79 Å². The minimum Gasteiger partial charge on any atom is -0.491 e. The molecule has 7 heteroatoms. The summed E-state index contributed by atoms with van der Waals surface area (Å²) in [6.45, 7) is 1.81. The normalized spacial score (nSPS) is 21.4. The molecule has 1 amide bonds. The second-order valence-corrected chi connectivity index (χ2v) is 6.08. The highest BCUT2D eigenvalue weighted by Crippen LogP contribution is 2.42. The predicted octanol–water partition coefficient (Wildman–Crippen LogP) is 3.67. The number of anilines is 1. The first kappa shape index (κ1) is 18.6. The highest BCUT2D eigenvalue weighted by Gasteiger charge is 2.48. The number of aliphatic hydroxyl groups is 1. The van der Waals surface area contributed by atoms with Crippen LogP contribution in [0.5, 0.6) is 5.75 Å². The molecule has 0 unspecified atom stereocenters. The molecule has 0 heterocycles. The summed E-state index contributed by atoms with van der Waals surface area (Å²) in [7, 11) is 0. The molecule has 2 atom stereocenters. The van der Waals surface area contributed by atoms with Gasteiger partial charge in [-0.2, -0.15) is 13.2 Å². The SMILES string of the molecule is Cc1cc(NC(=O)[C@@H]2CCCC[C@H]2C(F)(F)F)ccc1OCCO. The maximum atomic E-state index is 13.1. The molecule has 134 valence electrons. The van der Waals surface area contributed by atoms with Crippen molar-refractivity contribution in [2.75, 3.05) is 18.5 Å². The van der Waals surface area contributed by atoms with Gasteiger partial charge in [-0.15, -0.1) is 0 Å². The van der Waals surface area contributed by atoms with E-state index in [9.17, 15) is 18.0 Å². The van der Waals surface area contributed by atoms with Gasteiger partial charge in [-0.05, 0) is 43.5 Å². The Hall–Kier alpha value is -1.76. The van der Waals surface area contributed by atoms with Crippen LogP contribution < -0.4 is 10.1 Å². The zero-order chi connectivity index (χ0) is 17.7. The molecule has 24 heavy (non-hydrogen) atoms. The van der Waals surface area contributed by atoms with E-state index in [4.69, 9.17) is 9.84 Å². The van der Waals surface area contributed by atoms with Crippen LogP contribution in [-0.4, -0.2) is 30.4 Å². The maximum absolute atomic E-state index is 13.1. The fourth-order valence-electron chi connectivity index (χ4n) is 3.12. The highest BCUT2D eigenvalue weighted by atomic mass is 19.4. The number of hydrogen-bond donors (Lipinski definition) is 2. The van der Waals surface area contributed by atoms with E-state index in [-0.39, 0.29) is 26.1 Å². The summed E-state index contributed by atoms with van der Waals surface area (Å²) in [4.78, 5) is 12.3. The molecule has 1 saturated carbocycles. The number of aryl methyl sites for hydroxylation is 1. The topological polar surface area (TPSA) is 58.6 Å². The van der Waals surface area contributed by atoms with Crippen LogP contribution >= 0.6 is 0 Å². The van der Waals surface area contributed by atoms with E-state index in [1.54, 1.807) is 25.1 Å². The molecule has 1 aromatic carbocycles. The minimum atomic E-state index is -4.35. The lowest BCUT2D eigenvalue weighted by Gasteiger charge is -2.32. The smallest absolute Gasteiger partial charge is 0.392 e. The molecule has 4 nitrogen and oxygen atoms in total. The molecule has 1 fully saturated rings. The Morgan fingerprint density at radius 1 is 1.33 bits per heavy atom. The van der Waals surface area contributed by atoms with Crippen molar-refractivity contribution in [1.82, 2.24) is 0 Å². The van der Waals surface area contributed by atoms with Crippen LogP contribution in [0.1, 0.15) is 31.2 Å². The lowest BCUT2D eigenvalue weighted by Crippen LogP contribution is -2.39. The molecule has 2 rings (SSSR count). The molecule has 0 radical (unpaired) electrons. The zero-order valence-corrected chi connectivity index (χ0v) is 13.5. The summed E-state index contributed by atoms with van der Waals surface area (Å²) >= 11 is 0. The van der Waals surface area contributed by atoms with Gasteiger partial charge in [-0.3, -0.25) is 4.79 Å². The Bertz CT molecular complexity index is 575. The summed E-state index contributed by atoms with van der Waals surface area (Å²) in [6.07, 6.45) is -2.94. The molecule has 2 N–H and O–H groups in total. The van der Waals surface area contributed by atoms with Gasteiger partial charge in [0.25, 0.3) is 0 Å². The van der Waals surface area contributed by atoms with Gasteiger partial charge in [-0.1, -0.05) is 12.8 Å². The number of rotatable bonds is 5. The van der Waals surface area contributed by atoms with Crippen molar-refractivity contribution >= 4 is 11.6 Å². The van der Waals surface area contributed by atoms with Crippen molar-refractivity contribution in [1.29, 1.82) is 0 Å². The molecule has 0 aliphatic heterocycles. The van der Waals surface area contributed by atoms with Crippen LogP contribution in [0.2, 0.25) is 0 Å². The van der Waals surface area contributed by atoms with Gasteiger partial charge in [0.05, 0.1) is 12.5 Å². The van der Waals surface area contributed by atoms with Crippen LogP contribution in [0, 0.1) is 18.8 Å². The minimum absolute atomic E-state index is 0.00848. The van der Waals surface area contributed by atoms with Crippen molar-refractivity contribution in [3.05, 3.63) is 23.8 Å². The molecular weight excluding hydrogens is 323 g/mol. The summed E-state index contributed by atoms with van der Waals surface area (Å²) < 4.78 is 44.6. The number of hydrogen-bond acceptors (Lipinski definition) is 3. The number of halogens is 3. The van der Waals surface area contributed by atoms with Crippen molar-refractivity contribution in [2.45, 2.75) is 38.8 Å². The molecule has 0 spiro atoms. The van der Waals surface area contributed by atoms with E-state index in [0.29, 0.717) is 24.3 Å². The number of carbonyl (C=O) groups is 1. The average Bonchev–Trinajstić information content (AvgIpc) is 2.53. The van der Waals surface area contributed by atoms with Gasteiger partial charge < -0.3 is 15.2 Å². The fourth-order valence-corrected chi connectivity index (χ4v) is 3.12. The van der Waals surface area contributed by atoms with Crippen molar-refractivity contribution < 1.29 is 27.8 Å². The Labute approximate surface area is 139 Å². The van der Waals surface area contributed by atoms with Gasteiger partial charge in [0.2, 0.25) is 5.91 Å². The number of ether oxygens (including phenoxy) is 1.